The third kappa shape index (κ3) is 5.75. The highest BCUT2D eigenvalue weighted by Gasteiger charge is 2.15. The van der Waals surface area contributed by atoms with Crippen LogP contribution in [0.3, 0.4) is 0 Å². The molecule has 0 radical (unpaired) electrons. The predicted octanol–water partition coefficient (Wildman–Crippen LogP) is 3.22. The molecule has 0 unspecified atom stereocenters. The first-order valence-corrected chi connectivity index (χ1v) is 11.7. The van der Waals surface area contributed by atoms with Crippen LogP contribution in [0.25, 0.3) is 10.9 Å². The van der Waals surface area contributed by atoms with E-state index in [9.17, 15) is 24.5 Å². The number of nitro groups is 1. The molecule has 0 fully saturated rings. The van der Waals surface area contributed by atoms with Crippen molar-refractivity contribution in [1.82, 2.24) is 14.5 Å². The van der Waals surface area contributed by atoms with Gasteiger partial charge >= 0.3 is 5.69 Å². The van der Waals surface area contributed by atoms with E-state index in [1.54, 1.807) is 43.5 Å². The number of methoxy groups -OCH3 is 1. The van der Waals surface area contributed by atoms with E-state index in [2.05, 4.69) is 5.32 Å². The number of hydrogen-bond donors (Lipinski definition) is 1. The number of fused-ring (bicyclic) bond motifs is 1. The van der Waals surface area contributed by atoms with Gasteiger partial charge in [0.2, 0.25) is 5.91 Å². The molecule has 10 heteroatoms. The molecule has 0 aliphatic heterocycles. The van der Waals surface area contributed by atoms with Crippen LogP contribution in [0.1, 0.15) is 24.0 Å². The largest absolute Gasteiger partial charge is 0.496 e. The molecule has 4 aromatic rings. The van der Waals surface area contributed by atoms with Crippen LogP contribution in [0.4, 0.5) is 5.69 Å². The minimum absolute atomic E-state index is 0.0551. The van der Waals surface area contributed by atoms with E-state index >= 15 is 0 Å². The molecular weight excluding hydrogens is 476 g/mol. The molecule has 190 valence electrons. The van der Waals surface area contributed by atoms with Gasteiger partial charge in [0.05, 0.1) is 29.5 Å². The van der Waals surface area contributed by atoms with Crippen molar-refractivity contribution < 1.29 is 14.5 Å². The molecule has 0 aliphatic carbocycles. The van der Waals surface area contributed by atoms with Gasteiger partial charge < -0.3 is 10.1 Å². The van der Waals surface area contributed by atoms with Crippen LogP contribution >= 0.6 is 0 Å². The summed E-state index contributed by atoms with van der Waals surface area (Å²) in [5, 5.41) is 14.4. The number of carbonyl (C=O) groups excluding carboxylic acids is 1. The van der Waals surface area contributed by atoms with Crippen LogP contribution in [-0.2, 0) is 24.4 Å². The molecule has 0 saturated carbocycles. The van der Waals surface area contributed by atoms with Gasteiger partial charge in [0, 0.05) is 37.2 Å². The summed E-state index contributed by atoms with van der Waals surface area (Å²) >= 11 is 0. The number of hydrogen-bond acceptors (Lipinski definition) is 6. The summed E-state index contributed by atoms with van der Waals surface area (Å²) in [6.07, 6.45) is 0.404. The van der Waals surface area contributed by atoms with E-state index < -0.39 is 16.2 Å². The van der Waals surface area contributed by atoms with Crippen LogP contribution in [0.2, 0.25) is 0 Å². The van der Waals surface area contributed by atoms with Gasteiger partial charge in [0.1, 0.15) is 5.75 Å². The second-order valence-electron chi connectivity index (χ2n) is 8.46. The number of benzene rings is 3. The first-order chi connectivity index (χ1) is 17.9. The average molecular weight is 503 g/mol. The topological polar surface area (TPSA) is 125 Å². The number of nitrogens with zero attached hydrogens (tertiary/aromatic N) is 3. The van der Waals surface area contributed by atoms with E-state index in [1.165, 1.54) is 16.7 Å². The molecule has 0 bridgehead atoms. The summed E-state index contributed by atoms with van der Waals surface area (Å²) in [5.41, 5.74) is 0.780. The minimum atomic E-state index is -0.537. The summed E-state index contributed by atoms with van der Waals surface area (Å²) < 4.78 is 7.84. The third-order valence-electron chi connectivity index (χ3n) is 6.05. The van der Waals surface area contributed by atoms with Gasteiger partial charge in [-0.05, 0) is 30.2 Å². The highest BCUT2D eigenvalue weighted by molar-refractivity contribution is 5.78. The Hall–Kier alpha value is -4.73. The highest BCUT2D eigenvalue weighted by atomic mass is 16.6. The SMILES string of the molecule is COc1ccccc1CNC(=O)CCCn1c(=O)c2ccccc2n(Cc2cccc([N+](=O)[O-])c2)c1=O. The van der Waals surface area contributed by atoms with Gasteiger partial charge in [0.25, 0.3) is 11.2 Å². The molecule has 0 atom stereocenters. The van der Waals surface area contributed by atoms with Crippen LogP contribution < -0.4 is 21.3 Å². The van der Waals surface area contributed by atoms with Gasteiger partial charge in [0.15, 0.2) is 0 Å². The lowest BCUT2D eigenvalue weighted by molar-refractivity contribution is -0.384. The van der Waals surface area contributed by atoms with Crippen LogP contribution in [0.15, 0.2) is 82.4 Å². The number of non-ortho nitro benzene ring substituents is 1. The number of amides is 1. The molecule has 1 N–H and O–H groups in total. The van der Waals surface area contributed by atoms with E-state index in [-0.39, 0.29) is 37.5 Å². The van der Waals surface area contributed by atoms with Gasteiger partial charge in [-0.1, -0.05) is 42.5 Å². The van der Waals surface area contributed by atoms with Crippen molar-refractivity contribution in [2.45, 2.75) is 32.5 Å². The zero-order valence-electron chi connectivity index (χ0n) is 20.3. The molecular formula is C27H26N4O6. The fourth-order valence-corrected chi connectivity index (χ4v) is 4.20. The fraction of sp³-hybridized carbons (Fsp3) is 0.222. The lowest BCUT2D eigenvalue weighted by Gasteiger charge is -2.14. The van der Waals surface area contributed by atoms with Crippen molar-refractivity contribution in [1.29, 1.82) is 0 Å². The molecule has 10 nitrogen and oxygen atoms in total. The quantitative estimate of drug-likeness (QED) is 0.262. The number of carbonyl (C=O) groups is 1. The van der Waals surface area contributed by atoms with Gasteiger partial charge in [-0.3, -0.25) is 28.8 Å². The van der Waals surface area contributed by atoms with Gasteiger partial charge in [-0.15, -0.1) is 0 Å². The van der Waals surface area contributed by atoms with Crippen LogP contribution in [0, 0.1) is 10.1 Å². The van der Waals surface area contributed by atoms with E-state index in [1.807, 2.05) is 24.3 Å². The molecule has 0 aliphatic rings. The lowest BCUT2D eigenvalue weighted by atomic mass is 10.2. The fourth-order valence-electron chi connectivity index (χ4n) is 4.20. The summed E-state index contributed by atoms with van der Waals surface area (Å²) in [6.45, 7) is 0.412. The van der Waals surface area contributed by atoms with Crippen molar-refractivity contribution in [3.8, 4) is 5.75 Å². The molecule has 4 rings (SSSR count). The maximum absolute atomic E-state index is 13.4. The van der Waals surface area contributed by atoms with E-state index in [0.717, 1.165) is 10.1 Å². The molecule has 0 spiro atoms. The second kappa shape index (κ2) is 11.3. The highest BCUT2D eigenvalue weighted by Crippen LogP contribution is 2.17. The molecule has 3 aromatic carbocycles. The smallest absolute Gasteiger partial charge is 0.331 e. The van der Waals surface area contributed by atoms with E-state index in [4.69, 9.17) is 4.74 Å². The van der Waals surface area contributed by atoms with Crippen molar-refractivity contribution in [2.75, 3.05) is 7.11 Å². The molecule has 1 amide bonds. The predicted molar refractivity (Wildman–Crippen MR) is 139 cm³/mol. The Morgan fingerprint density at radius 3 is 2.54 bits per heavy atom. The van der Waals surface area contributed by atoms with Crippen molar-refractivity contribution in [3.05, 3.63) is 115 Å². The Balaban J connectivity index is 1.52. The molecule has 1 heterocycles. The van der Waals surface area contributed by atoms with Crippen molar-refractivity contribution in [3.63, 3.8) is 0 Å². The second-order valence-corrected chi connectivity index (χ2v) is 8.46. The number of nitrogens with one attached hydrogen (secondary N) is 1. The first-order valence-electron chi connectivity index (χ1n) is 11.7. The minimum Gasteiger partial charge on any atom is -0.496 e. The number of para-hydroxylation sites is 2. The number of nitro benzene ring substituents is 1. The molecule has 1 aromatic heterocycles. The summed E-state index contributed by atoms with van der Waals surface area (Å²) in [7, 11) is 1.56. The lowest BCUT2D eigenvalue weighted by Crippen LogP contribution is -2.40. The maximum atomic E-state index is 13.4. The Morgan fingerprint density at radius 2 is 1.76 bits per heavy atom. The summed E-state index contributed by atoms with van der Waals surface area (Å²) in [4.78, 5) is 49.5. The standard InChI is InChI=1S/C27H26N4O6/c1-37-24-13-5-2-9-20(24)17-28-25(32)14-7-15-29-26(33)22-11-3-4-12-23(22)30(27(29)34)18-19-8-6-10-21(16-19)31(35)36/h2-6,8-13,16H,7,14-15,17-18H2,1H3,(H,28,32). The Labute approximate surface area is 211 Å². The third-order valence-corrected chi connectivity index (χ3v) is 6.05. The van der Waals surface area contributed by atoms with Crippen molar-refractivity contribution >= 4 is 22.5 Å². The van der Waals surface area contributed by atoms with Crippen molar-refractivity contribution in [2.24, 2.45) is 0 Å². The zero-order valence-corrected chi connectivity index (χ0v) is 20.3. The van der Waals surface area contributed by atoms with Gasteiger partial charge in [-0.2, -0.15) is 0 Å². The Bertz CT molecular complexity index is 1570. The normalized spacial score (nSPS) is 10.8. The van der Waals surface area contributed by atoms with E-state index in [0.29, 0.717) is 28.8 Å². The number of rotatable bonds is 10. The molecule has 37 heavy (non-hydrogen) atoms. The van der Waals surface area contributed by atoms with Crippen LogP contribution in [0.5, 0.6) is 5.75 Å². The van der Waals surface area contributed by atoms with Crippen LogP contribution in [-0.4, -0.2) is 27.1 Å². The summed E-state index contributed by atoms with van der Waals surface area (Å²) in [6, 6.07) is 20.1. The average Bonchev–Trinajstić information content (AvgIpc) is 2.92. The molecule has 0 saturated heterocycles. The summed E-state index contributed by atoms with van der Waals surface area (Å²) in [5.74, 6) is 0.464. The van der Waals surface area contributed by atoms with Gasteiger partial charge in [-0.25, -0.2) is 4.79 Å². The first kappa shape index (κ1) is 25.4. The number of aromatic nitrogens is 2. The zero-order chi connectivity index (χ0) is 26.4. The number of ether oxygens (including phenoxy) is 1. The maximum Gasteiger partial charge on any atom is 0.331 e. The monoisotopic (exact) mass is 502 g/mol. The Kier molecular flexibility index (Phi) is 7.77. The Morgan fingerprint density at radius 1 is 1.00 bits per heavy atom.